The summed E-state index contributed by atoms with van der Waals surface area (Å²) in [4.78, 5) is 38.5. The van der Waals surface area contributed by atoms with Crippen LogP contribution in [0.25, 0.3) is 11.5 Å². The molecule has 2 saturated carbocycles. The van der Waals surface area contributed by atoms with E-state index in [1.54, 1.807) is 12.2 Å². The number of ketones is 2. The number of benzene rings is 2. The highest BCUT2D eigenvalue weighted by Gasteiger charge is 2.35. The predicted octanol–water partition coefficient (Wildman–Crippen LogP) is 8.10. The van der Waals surface area contributed by atoms with Crippen molar-refractivity contribution in [1.29, 1.82) is 0 Å². The van der Waals surface area contributed by atoms with Gasteiger partial charge in [-0.2, -0.15) is 0 Å². The lowest BCUT2D eigenvalue weighted by Gasteiger charge is -2.31. The maximum absolute atomic E-state index is 13.4. The van der Waals surface area contributed by atoms with Gasteiger partial charge < -0.3 is 0 Å². The van der Waals surface area contributed by atoms with Crippen molar-refractivity contribution in [2.24, 2.45) is 10.8 Å². The zero-order valence-electron chi connectivity index (χ0n) is 21.6. The minimum atomic E-state index is -0.384. The van der Waals surface area contributed by atoms with Crippen molar-refractivity contribution in [3.8, 4) is 0 Å². The summed E-state index contributed by atoms with van der Waals surface area (Å²) in [6.45, 7) is 4.10. The third-order valence-electron chi connectivity index (χ3n) is 7.97. The zero-order chi connectivity index (χ0) is 25.4. The van der Waals surface area contributed by atoms with E-state index in [2.05, 4.69) is 0 Å². The Morgan fingerprint density at radius 2 is 0.917 bits per heavy atom. The first-order valence-electron chi connectivity index (χ1n) is 13.4. The van der Waals surface area contributed by atoms with Crippen LogP contribution in [0.2, 0.25) is 0 Å². The molecule has 0 atom stereocenters. The molecule has 2 aliphatic rings. The van der Waals surface area contributed by atoms with E-state index in [4.69, 9.17) is 9.78 Å². The molecule has 0 radical (unpaired) electrons. The molecule has 0 spiro atoms. The van der Waals surface area contributed by atoms with E-state index in [1.807, 2.05) is 74.5 Å². The van der Waals surface area contributed by atoms with Gasteiger partial charge in [-0.3, -0.25) is 19.4 Å². The highest BCUT2D eigenvalue weighted by Crippen LogP contribution is 2.39. The van der Waals surface area contributed by atoms with Crippen LogP contribution in [0.3, 0.4) is 0 Å². The molecule has 0 saturated heterocycles. The summed E-state index contributed by atoms with van der Waals surface area (Å²) in [6, 6.07) is 19.0. The van der Waals surface area contributed by atoms with Crippen LogP contribution in [0.15, 0.2) is 72.8 Å². The van der Waals surface area contributed by atoms with E-state index in [0.29, 0.717) is 11.5 Å². The molecule has 4 rings (SSSR count). The second-order valence-electron chi connectivity index (χ2n) is 10.9. The first-order chi connectivity index (χ1) is 17.4. The summed E-state index contributed by atoms with van der Waals surface area (Å²) in [7, 11) is 0. The Balaban J connectivity index is 1.62. The largest absolute Gasteiger partial charge is 0.294 e. The van der Waals surface area contributed by atoms with Crippen molar-refractivity contribution in [1.82, 2.24) is 0 Å². The zero-order valence-corrected chi connectivity index (χ0v) is 21.6. The molecule has 2 aliphatic carbocycles. The Hall–Kier alpha value is -3.14. The van der Waals surface area contributed by atoms with Crippen molar-refractivity contribution in [3.05, 3.63) is 83.9 Å². The van der Waals surface area contributed by atoms with Crippen LogP contribution in [-0.4, -0.2) is 11.6 Å². The molecular formula is C32H38O4. The second kappa shape index (κ2) is 11.7. The Labute approximate surface area is 215 Å². The lowest BCUT2D eigenvalue weighted by atomic mass is 9.72. The van der Waals surface area contributed by atoms with Gasteiger partial charge >= 0.3 is 0 Å². The number of allylic oxidation sites excluding steroid dienone is 2. The van der Waals surface area contributed by atoms with Crippen LogP contribution >= 0.6 is 0 Å². The molecule has 4 heteroatoms. The molecule has 0 aromatic heterocycles. The molecule has 0 bridgehead atoms. The van der Waals surface area contributed by atoms with Gasteiger partial charge in [-0.1, -0.05) is 113 Å². The Morgan fingerprint density at radius 1 is 0.583 bits per heavy atom. The quantitative estimate of drug-likeness (QED) is 0.155. The first kappa shape index (κ1) is 25.9. The normalized spacial score (nSPS) is 19.8. The molecule has 2 fully saturated rings. The van der Waals surface area contributed by atoms with Gasteiger partial charge in [-0.15, -0.1) is 0 Å². The first-order valence-corrected chi connectivity index (χ1v) is 13.4. The third kappa shape index (κ3) is 6.34. The summed E-state index contributed by atoms with van der Waals surface area (Å²) >= 11 is 0. The topological polar surface area (TPSA) is 52.6 Å². The standard InChI is InChI=1S/C32H38O4/c1-31(19-11-5-12-20-31)29(33)23-27(25-15-7-3-8-16-25)35-36-28(26-17-9-4-10-18-26)24-30(34)32(2)21-13-6-14-22-32/h3-4,7-10,15-18,23-24H,5-6,11-14,19-22H2,1-2H3/b27-23-,28-24-. The molecule has 0 heterocycles. The highest BCUT2D eigenvalue weighted by atomic mass is 17.2. The molecule has 190 valence electrons. The minimum Gasteiger partial charge on any atom is -0.294 e. The fraction of sp³-hybridized carbons (Fsp3) is 0.438. The van der Waals surface area contributed by atoms with Gasteiger partial charge in [-0.25, -0.2) is 0 Å². The lowest BCUT2D eigenvalue weighted by molar-refractivity contribution is -0.165. The van der Waals surface area contributed by atoms with Crippen LogP contribution in [0.5, 0.6) is 0 Å². The van der Waals surface area contributed by atoms with Crippen molar-refractivity contribution < 1.29 is 19.4 Å². The molecule has 2 aromatic carbocycles. The SMILES string of the molecule is CC1(C(=O)/C=C(\OO/C(=C\C(=O)C2(C)CCCCC2)c2ccccc2)c2ccccc2)CCCCC1. The molecule has 36 heavy (non-hydrogen) atoms. The molecule has 0 N–H and O–H groups in total. The van der Waals surface area contributed by atoms with E-state index in [0.717, 1.165) is 62.5 Å². The van der Waals surface area contributed by atoms with E-state index in [-0.39, 0.29) is 22.4 Å². The van der Waals surface area contributed by atoms with Crippen LogP contribution in [-0.2, 0) is 19.4 Å². The lowest BCUT2D eigenvalue weighted by Crippen LogP contribution is -2.29. The van der Waals surface area contributed by atoms with Crippen LogP contribution in [0.4, 0.5) is 0 Å². The molecule has 0 amide bonds. The number of hydrogen-bond donors (Lipinski definition) is 0. The third-order valence-corrected chi connectivity index (χ3v) is 7.97. The average Bonchev–Trinajstić information content (AvgIpc) is 2.91. The van der Waals surface area contributed by atoms with Gasteiger partial charge in [0.2, 0.25) is 0 Å². The van der Waals surface area contributed by atoms with Gasteiger partial charge in [0.05, 0.1) is 0 Å². The summed E-state index contributed by atoms with van der Waals surface area (Å²) < 4.78 is 0. The average molecular weight is 487 g/mol. The highest BCUT2D eigenvalue weighted by molar-refractivity contribution is 6.00. The molecule has 0 aliphatic heterocycles. The number of hydrogen-bond acceptors (Lipinski definition) is 4. The van der Waals surface area contributed by atoms with Gasteiger partial charge in [0, 0.05) is 34.1 Å². The summed E-state index contributed by atoms with van der Waals surface area (Å²) in [6.07, 6.45) is 13.3. The maximum atomic E-state index is 13.4. The van der Waals surface area contributed by atoms with Gasteiger partial charge in [-0.05, 0) is 25.7 Å². The maximum Gasteiger partial charge on any atom is 0.189 e. The number of carbonyl (C=O) groups excluding carboxylic acids is 2. The Bertz CT molecular complexity index is 996. The van der Waals surface area contributed by atoms with Crippen LogP contribution in [0.1, 0.15) is 89.2 Å². The number of rotatable bonds is 9. The summed E-state index contributed by atoms with van der Waals surface area (Å²) in [5.41, 5.74) is 0.739. The summed E-state index contributed by atoms with van der Waals surface area (Å²) in [5, 5.41) is 0. The van der Waals surface area contributed by atoms with E-state index < -0.39 is 0 Å². The van der Waals surface area contributed by atoms with E-state index in [1.165, 1.54) is 12.8 Å². The van der Waals surface area contributed by atoms with E-state index >= 15 is 0 Å². The van der Waals surface area contributed by atoms with Gasteiger partial charge in [0.1, 0.15) is 0 Å². The fourth-order valence-electron chi connectivity index (χ4n) is 5.35. The number of carbonyl (C=O) groups is 2. The molecule has 2 aromatic rings. The molecule has 0 unspecified atom stereocenters. The Kier molecular flexibility index (Phi) is 8.45. The minimum absolute atomic E-state index is 0.0562. The van der Waals surface area contributed by atoms with Crippen molar-refractivity contribution in [2.45, 2.75) is 78.1 Å². The van der Waals surface area contributed by atoms with Crippen molar-refractivity contribution in [2.75, 3.05) is 0 Å². The van der Waals surface area contributed by atoms with Crippen LogP contribution in [0, 0.1) is 10.8 Å². The van der Waals surface area contributed by atoms with Crippen LogP contribution < -0.4 is 0 Å². The summed E-state index contributed by atoms with van der Waals surface area (Å²) in [5.74, 6) is 0.817. The van der Waals surface area contributed by atoms with Crippen molar-refractivity contribution >= 4 is 23.1 Å². The molecular weight excluding hydrogens is 448 g/mol. The van der Waals surface area contributed by atoms with Crippen molar-refractivity contribution in [3.63, 3.8) is 0 Å². The molecule has 4 nitrogen and oxygen atoms in total. The Morgan fingerprint density at radius 3 is 1.25 bits per heavy atom. The fourth-order valence-corrected chi connectivity index (χ4v) is 5.35. The monoisotopic (exact) mass is 486 g/mol. The smallest absolute Gasteiger partial charge is 0.189 e. The predicted molar refractivity (Wildman–Crippen MR) is 143 cm³/mol. The van der Waals surface area contributed by atoms with Gasteiger partial charge in [0.15, 0.2) is 23.1 Å². The van der Waals surface area contributed by atoms with E-state index in [9.17, 15) is 9.59 Å². The van der Waals surface area contributed by atoms with Gasteiger partial charge in [0.25, 0.3) is 0 Å². The second-order valence-corrected chi connectivity index (χ2v) is 10.9.